The Morgan fingerprint density at radius 1 is 0.750 bits per heavy atom. The number of Topliss-reactive ketones (excluding diaryl/α,β-unsaturated/α-hetero) is 1. The van der Waals surface area contributed by atoms with Gasteiger partial charge in [0.15, 0.2) is 5.78 Å². The predicted octanol–water partition coefficient (Wildman–Crippen LogP) is 11.9. The minimum Gasteiger partial charge on any atom is -0.507 e. The Bertz CT molecular complexity index is 2380. The van der Waals surface area contributed by atoms with Crippen LogP contribution in [0.4, 0.5) is 8.63 Å². The molecular weight excluding hydrogens is 705 g/mol. The van der Waals surface area contributed by atoms with Crippen LogP contribution in [0.2, 0.25) is 0 Å². The van der Waals surface area contributed by atoms with E-state index in [1.165, 1.54) is 0 Å². The first kappa shape index (κ1) is 40.4. The molecule has 2 heterocycles. The monoisotopic (exact) mass is 756 g/mol. The summed E-state index contributed by atoms with van der Waals surface area (Å²) in [5, 5.41) is 12.8. The summed E-state index contributed by atoms with van der Waals surface area (Å²) in [6.07, 6.45) is 4.75. The molecule has 0 radical (unpaired) electrons. The molecule has 0 bridgehead atoms. The Morgan fingerprint density at radius 3 is 1.75 bits per heavy atom. The van der Waals surface area contributed by atoms with Crippen molar-refractivity contribution >= 4 is 41.2 Å². The van der Waals surface area contributed by atoms with Crippen molar-refractivity contribution in [2.45, 2.75) is 93.9 Å². The number of aromatic amines is 1. The van der Waals surface area contributed by atoms with Gasteiger partial charge < -0.3 is 14.7 Å². The van der Waals surface area contributed by atoms with Gasteiger partial charge in [-0.05, 0) is 51.5 Å². The summed E-state index contributed by atoms with van der Waals surface area (Å²) in [6.45, 7) is 24.1. The minimum absolute atomic E-state index is 0.0360. The van der Waals surface area contributed by atoms with E-state index in [-0.39, 0.29) is 39.5 Å². The number of benzene rings is 3. The molecule has 2 N–H and O–H groups in total. The van der Waals surface area contributed by atoms with Gasteiger partial charge in [0.2, 0.25) is 5.78 Å². The number of halogens is 2. The normalized spacial score (nSPS) is 15.5. The number of aromatic hydroxyl groups is 1. The summed E-state index contributed by atoms with van der Waals surface area (Å²) < 4.78 is 33.7. The maximum Gasteiger partial charge on any atom is 0.796 e. The van der Waals surface area contributed by atoms with Crippen molar-refractivity contribution < 1.29 is 28.0 Å². The average molecular weight is 757 g/mol. The number of phenolic OH excluding ortho intramolecular Hbond substituents is 1. The van der Waals surface area contributed by atoms with Gasteiger partial charge in [-0.3, -0.25) is 9.59 Å². The summed E-state index contributed by atoms with van der Waals surface area (Å²) in [5.41, 5.74) is 5.11. The Morgan fingerprint density at radius 2 is 1.25 bits per heavy atom. The quantitative estimate of drug-likeness (QED) is 0.0887. The van der Waals surface area contributed by atoms with Crippen molar-refractivity contribution in [1.29, 1.82) is 0 Å². The van der Waals surface area contributed by atoms with Crippen LogP contribution in [0.3, 0.4) is 0 Å². The molecule has 0 unspecified atom stereocenters. The highest BCUT2D eigenvalue weighted by Crippen LogP contribution is 2.45. The van der Waals surface area contributed by atoms with Crippen molar-refractivity contribution in [3.63, 3.8) is 0 Å². The maximum atomic E-state index is 14.4. The third kappa shape index (κ3) is 7.60. The molecule has 1 aliphatic carbocycles. The molecule has 0 atom stereocenters. The fraction of sp³-hybridized carbons (Fsp3) is 0.340. The third-order valence-electron chi connectivity index (χ3n) is 10.3. The lowest BCUT2D eigenvalue weighted by Crippen LogP contribution is -2.28. The smallest absolute Gasteiger partial charge is 0.507 e. The van der Waals surface area contributed by atoms with E-state index in [4.69, 9.17) is 9.65 Å². The van der Waals surface area contributed by atoms with Gasteiger partial charge >= 0.3 is 7.47 Å². The van der Waals surface area contributed by atoms with Gasteiger partial charge in [0, 0.05) is 55.8 Å². The molecule has 0 spiro atoms. The number of allylic oxidation sites excluding steroid dienone is 7. The number of ketones is 2. The zero-order valence-electron chi connectivity index (χ0n) is 34.5. The van der Waals surface area contributed by atoms with Crippen LogP contribution in [-0.4, -0.2) is 34.8 Å². The first-order valence-electron chi connectivity index (χ1n) is 19.0. The summed E-state index contributed by atoms with van der Waals surface area (Å²) in [4.78, 5) is 36.4. The molecule has 56 heavy (non-hydrogen) atoms. The molecule has 1 aliphatic heterocycles. The van der Waals surface area contributed by atoms with E-state index in [9.17, 15) is 23.3 Å². The van der Waals surface area contributed by atoms with Gasteiger partial charge in [-0.1, -0.05) is 132 Å². The number of hydrogen-bond acceptors (Lipinski definition) is 5. The molecule has 3 aromatic carbocycles. The lowest BCUT2D eigenvalue weighted by Gasteiger charge is -2.31. The number of rotatable bonds is 6. The Labute approximate surface area is 329 Å². The number of hydrogen-bond donors (Lipinski definition) is 2. The average Bonchev–Trinajstić information content (AvgIpc) is 3.66. The third-order valence-corrected chi connectivity index (χ3v) is 10.3. The van der Waals surface area contributed by atoms with Crippen molar-refractivity contribution in [3.05, 3.63) is 129 Å². The van der Waals surface area contributed by atoms with Crippen LogP contribution < -0.4 is 0 Å². The highest BCUT2D eigenvalue weighted by molar-refractivity contribution is 6.37. The lowest BCUT2D eigenvalue weighted by molar-refractivity contribution is -0.114. The molecule has 0 amide bonds. The lowest BCUT2D eigenvalue weighted by atomic mass is 9.71. The number of nitrogens with one attached hydrogen (secondary N) is 1. The van der Waals surface area contributed by atoms with E-state index in [0.29, 0.717) is 44.6 Å². The number of aromatic nitrogens is 1. The largest absolute Gasteiger partial charge is 0.796 e. The number of aliphatic imine (C=N–C) groups is 1. The van der Waals surface area contributed by atoms with Crippen LogP contribution >= 0.6 is 0 Å². The first-order chi connectivity index (χ1) is 25.9. The second-order valence-corrected chi connectivity index (χ2v) is 18.8. The van der Waals surface area contributed by atoms with Crippen molar-refractivity contribution in [1.82, 2.24) is 4.98 Å². The van der Waals surface area contributed by atoms with Crippen molar-refractivity contribution in [2.75, 3.05) is 0 Å². The molecule has 9 heteroatoms. The molecule has 0 fully saturated rings. The number of carbonyl (C=O) groups is 2. The topological polar surface area (TPSA) is 91.8 Å². The second kappa shape index (κ2) is 14.0. The predicted molar refractivity (Wildman–Crippen MR) is 224 cm³/mol. The van der Waals surface area contributed by atoms with Crippen LogP contribution in [0.1, 0.15) is 116 Å². The molecule has 0 saturated carbocycles. The molecule has 6 nitrogen and oxygen atoms in total. The van der Waals surface area contributed by atoms with Gasteiger partial charge in [0.05, 0.1) is 17.1 Å². The van der Waals surface area contributed by atoms with E-state index in [2.05, 4.69) is 4.98 Å². The van der Waals surface area contributed by atoms with Crippen LogP contribution in [0.15, 0.2) is 106 Å². The highest BCUT2D eigenvalue weighted by atomic mass is 19.2. The molecule has 290 valence electrons. The summed E-state index contributed by atoms with van der Waals surface area (Å²) in [6, 6.07) is 18.5. The zero-order valence-corrected chi connectivity index (χ0v) is 34.5. The van der Waals surface area contributed by atoms with E-state index >= 15 is 0 Å². The first-order valence-corrected chi connectivity index (χ1v) is 19.0. The highest BCUT2D eigenvalue weighted by Gasteiger charge is 2.37. The number of fused-ring (bicyclic) bond motifs is 2. The summed E-state index contributed by atoms with van der Waals surface area (Å²) in [5.74, 6) is -0.760. The van der Waals surface area contributed by atoms with E-state index < -0.39 is 24.1 Å². The van der Waals surface area contributed by atoms with Crippen LogP contribution in [-0.2, 0) is 20.3 Å². The fourth-order valence-corrected chi connectivity index (χ4v) is 7.38. The number of phenols is 1. The summed E-state index contributed by atoms with van der Waals surface area (Å²) in [7, 11) is -3.24. The number of H-pyrrole nitrogens is 1. The number of nitrogens with zero attached hydrogens (tertiary/aromatic N) is 1. The van der Waals surface area contributed by atoms with Crippen molar-refractivity contribution in [3.8, 4) is 17.0 Å². The molecule has 4 aromatic rings. The van der Waals surface area contributed by atoms with Gasteiger partial charge in [0.1, 0.15) is 17.2 Å². The Balaban J connectivity index is 1.55. The maximum absolute atomic E-state index is 14.4. The molecule has 6 rings (SSSR count). The minimum atomic E-state index is -3.24. The van der Waals surface area contributed by atoms with Crippen LogP contribution in [0.25, 0.3) is 27.7 Å². The second-order valence-electron chi connectivity index (χ2n) is 18.8. The van der Waals surface area contributed by atoms with Crippen LogP contribution in [0.5, 0.6) is 5.75 Å². The molecular formula is C47H51BF2N2O4. The van der Waals surface area contributed by atoms with Crippen molar-refractivity contribution in [2.24, 2.45) is 15.8 Å². The molecule has 1 aromatic heterocycles. The SMILES string of the molecule is CC(C)(C)C1=CC(=C2N=C(/C(=C/C(=O)c3[nH]c(-c4cc(C(C)(C)C)c(O)c(C(C)(C)C)c4)c4ccccc34)OB(F)F)c3ccccc32)C=C(C(C)(C)C)C1=O. The van der Waals surface area contributed by atoms with Gasteiger partial charge in [-0.15, -0.1) is 0 Å². The number of carbonyl (C=O) groups excluding carboxylic acids is 2. The van der Waals surface area contributed by atoms with E-state index in [1.54, 1.807) is 12.1 Å². The Kier molecular flexibility index (Phi) is 10.1. The van der Waals surface area contributed by atoms with Gasteiger partial charge in [0.25, 0.3) is 0 Å². The standard InChI is InChI=1S/C47H51BF2N2O4/c1-44(2,3)32-21-26(22-33(42(32)54)45(4,5)6)38-28-17-13-15-19-30(28)40(51-38)36(53)25-37(56-48(49)50)41-31-20-16-14-18-29(31)39(52-41)27-23-34(46(7,8)9)43(55)35(24-27)47(10,11)12/h13-25,51,54H,1-12H3/b37-25-. The van der Waals surface area contributed by atoms with E-state index in [0.717, 1.165) is 28.2 Å². The van der Waals surface area contributed by atoms with Gasteiger partial charge in [-0.2, -0.15) is 0 Å². The molecule has 2 aliphatic rings. The fourth-order valence-electron chi connectivity index (χ4n) is 7.38. The zero-order chi connectivity index (χ0) is 41.3. The van der Waals surface area contributed by atoms with Crippen LogP contribution in [0, 0.1) is 10.8 Å². The van der Waals surface area contributed by atoms with Gasteiger partial charge in [-0.25, -0.2) is 13.6 Å². The molecule has 0 saturated heterocycles. The van der Waals surface area contributed by atoms with E-state index in [1.807, 2.05) is 144 Å². The Hall–Kier alpha value is -5.31. The summed E-state index contributed by atoms with van der Waals surface area (Å²) >= 11 is 0.